The number of nitrogens with one attached hydrogen (secondary N) is 1. The summed E-state index contributed by atoms with van der Waals surface area (Å²) in [4.78, 5) is 14.8. The van der Waals surface area contributed by atoms with E-state index in [0.717, 1.165) is 39.8 Å². The minimum Gasteiger partial charge on any atom is -0.465 e. The summed E-state index contributed by atoms with van der Waals surface area (Å²) < 4.78 is 0. The first-order valence-electron chi connectivity index (χ1n) is 13.3. The highest BCUT2D eigenvalue weighted by atomic mass is 16.4. The van der Waals surface area contributed by atoms with Crippen LogP contribution in [-0.2, 0) is 13.0 Å². The molecule has 0 radical (unpaired) electrons. The molecule has 0 saturated heterocycles. The fraction of sp³-hybridized carbons (Fsp3) is 0.303. The van der Waals surface area contributed by atoms with Crippen molar-refractivity contribution < 1.29 is 9.90 Å². The molecule has 3 aromatic carbocycles. The molecule has 5 heteroatoms. The maximum Gasteiger partial charge on any atom is 0.408 e. The van der Waals surface area contributed by atoms with Gasteiger partial charge in [-0.15, -0.1) is 0 Å². The van der Waals surface area contributed by atoms with Crippen molar-refractivity contribution in [2.45, 2.75) is 52.6 Å². The molecule has 5 nitrogen and oxygen atoms in total. The van der Waals surface area contributed by atoms with Gasteiger partial charge < -0.3 is 15.7 Å². The quantitative estimate of drug-likeness (QED) is 0.298. The zero-order valence-electron chi connectivity index (χ0n) is 22.9. The molecule has 0 saturated carbocycles. The predicted octanol–water partition coefficient (Wildman–Crippen LogP) is 6.75. The van der Waals surface area contributed by atoms with Crippen molar-refractivity contribution in [2.75, 3.05) is 6.54 Å². The van der Waals surface area contributed by atoms with E-state index in [1.54, 1.807) is 0 Å². The lowest BCUT2D eigenvalue weighted by atomic mass is 9.76. The molecule has 1 amide bonds. The van der Waals surface area contributed by atoms with Crippen molar-refractivity contribution in [3.05, 3.63) is 124 Å². The van der Waals surface area contributed by atoms with Crippen LogP contribution in [0.25, 0.3) is 5.57 Å². The van der Waals surface area contributed by atoms with Crippen molar-refractivity contribution in [1.82, 2.24) is 10.2 Å². The number of carbonyl (C=O) groups is 1. The molecule has 0 spiro atoms. The lowest BCUT2D eigenvalue weighted by molar-refractivity contribution is 0.144. The molecule has 0 aliphatic carbocycles. The summed E-state index contributed by atoms with van der Waals surface area (Å²) >= 11 is 0. The summed E-state index contributed by atoms with van der Waals surface area (Å²) in [6, 6.07) is 29.0. The van der Waals surface area contributed by atoms with E-state index in [1.807, 2.05) is 36.4 Å². The summed E-state index contributed by atoms with van der Waals surface area (Å²) in [5, 5.41) is 13.0. The van der Waals surface area contributed by atoms with Crippen LogP contribution in [0.2, 0.25) is 0 Å². The molecule has 1 atom stereocenters. The van der Waals surface area contributed by atoms with Gasteiger partial charge in [0.05, 0.1) is 11.2 Å². The van der Waals surface area contributed by atoms with Crippen molar-refractivity contribution in [3.8, 4) is 0 Å². The highest BCUT2D eigenvalue weighted by Crippen LogP contribution is 2.46. The molecule has 0 fully saturated rings. The molecule has 3 aromatic rings. The highest BCUT2D eigenvalue weighted by molar-refractivity contribution is 5.87. The van der Waals surface area contributed by atoms with Gasteiger partial charge >= 0.3 is 6.09 Å². The van der Waals surface area contributed by atoms with E-state index in [1.165, 1.54) is 5.70 Å². The van der Waals surface area contributed by atoms with Crippen LogP contribution < -0.4 is 11.1 Å². The number of nitrogens with zero attached hydrogens (tertiary/aromatic N) is 1. The molecular weight excluding hydrogens is 470 g/mol. The number of carboxylic acid groups (broad SMARTS) is 1. The third-order valence-corrected chi connectivity index (χ3v) is 7.31. The summed E-state index contributed by atoms with van der Waals surface area (Å²) in [5.41, 5.74) is 14.0. The Morgan fingerprint density at radius 1 is 0.947 bits per heavy atom. The van der Waals surface area contributed by atoms with Gasteiger partial charge in [0.15, 0.2) is 0 Å². The number of hydrogen-bond donors (Lipinski definition) is 3. The number of allylic oxidation sites excluding steroid dienone is 1. The minimum absolute atomic E-state index is 0.308. The van der Waals surface area contributed by atoms with Gasteiger partial charge in [0.1, 0.15) is 0 Å². The second-order valence-corrected chi connectivity index (χ2v) is 10.8. The first kappa shape index (κ1) is 27.2. The summed E-state index contributed by atoms with van der Waals surface area (Å²) in [6.07, 6.45) is 0.386. The van der Waals surface area contributed by atoms with Crippen LogP contribution in [-0.4, -0.2) is 28.2 Å². The van der Waals surface area contributed by atoms with Crippen LogP contribution in [0.15, 0.2) is 102 Å². The maximum atomic E-state index is 12.3. The molecule has 0 bridgehead atoms. The first-order valence-corrected chi connectivity index (χ1v) is 13.3. The topological polar surface area (TPSA) is 78.6 Å². The Morgan fingerprint density at radius 3 is 2.05 bits per heavy atom. The van der Waals surface area contributed by atoms with Crippen molar-refractivity contribution in [3.63, 3.8) is 0 Å². The number of amides is 1. The number of aryl methyl sites for hydroxylation is 1. The molecule has 1 aliphatic heterocycles. The minimum atomic E-state index is -1.08. The normalized spacial score (nSPS) is 17.8. The molecule has 4 N–H and O–H groups in total. The van der Waals surface area contributed by atoms with Crippen LogP contribution in [0.1, 0.15) is 49.4 Å². The molecule has 1 aliphatic rings. The number of nitrogens with two attached hydrogens (primary N) is 1. The molecule has 1 heterocycles. The molecule has 1 unspecified atom stereocenters. The third-order valence-electron chi connectivity index (χ3n) is 7.31. The van der Waals surface area contributed by atoms with Crippen LogP contribution in [0.3, 0.4) is 0 Å². The van der Waals surface area contributed by atoms with E-state index in [9.17, 15) is 9.90 Å². The van der Waals surface area contributed by atoms with Gasteiger partial charge in [0, 0.05) is 30.8 Å². The van der Waals surface area contributed by atoms with E-state index >= 15 is 0 Å². The van der Waals surface area contributed by atoms with E-state index < -0.39 is 11.6 Å². The van der Waals surface area contributed by atoms with E-state index in [0.29, 0.717) is 31.1 Å². The van der Waals surface area contributed by atoms with E-state index in [4.69, 9.17) is 5.73 Å². The van der Waals surface area contributed by atoms with Crippen molar-refractivity contribution in [2.24, 2.45) is 11.7 Å². The zero-order valence-corrected chi connectivity index (χ0v) is 22.9. The molecule has 38 heavy (non-hydrogen) atoms. The molecule has 198 valence electrons. The SMILES string of the molecule is Cc1ccc(C2=C(NC(=O)O)C(C)(Cc3ccccc3)N(Cc3ccccc3)C(CC(C)C)=C2CN)cc1. The Balaban J connectivity index is 2.05. The predicted molar refractivity (Wildman–Crippen MR) is 155 cm³/mol. The smallest absolute Gasteiger partial charge is 0.408 e. The summed E-state index contributed by atoms with van der Waals surface area (Å²) in [7, 11) is 0. The molecule has 0 aromatic heterocycles. The van der Waals surface area contributed by atoms with Crippen LogP contribution >= 0.6 is 0 Å². The Hall–Kier alpha value is -3.83. The first-order chi connectivity index (χ1) is 18.2. The van der Waals surface area contributed by atoms with Crippen LogP contribution in [0.4, 0.5) is 4.79 Å². The Kier molecular flexibility index (Phi) is 8.38. The standard InChI is InChI=1S/C33H39N3O2/c1-23(2)19-29-28(21-34)30(27-17-15-24(3)16-18-27)31(35-32(37)38)33(4,20-25-11-7-5-8-12-25)36(29)22-26-13-9-6-10-14-26/h5-18,23,35H,19-22,34H2,1-4H3,(H,37,38). The summed E-state index contributed by atoms with van der Waals surface area (Å²) in [5.74, 6) is 0.388. The third kappa shape index (κ3) is 5.84. The maximum absolute atomic E-state index is 12.3. The zero-order chi connectivity index (χ0) is 27.3. The number of hydrogen-bond acceptors (Lipinski definition) is 3. The second kappa shape index (κ2) is 11.7. The van der Waals surface area contributed by atoms with Crippen LogP contribution in [0.5, 0.6) is 0 Å². The van der Waals surface area contributed by atoms with Gasteiger partial charge in [-0.25, -0.2) is 4.79 Å². The van der Waals surface area contributed by atoms with Gasteiger partial charge in [-0.2, -0.15) is 0 Å². The Morgan fingerprint density at radius 2 is 1.53 bits per heavy atom. The average Bonchev–Trinajstić information content (AvgIpc) is 2.89. The fourth-order valence-electron chi connectivity index (χ4n) is 5.56. The Labute approximate surface area is 226 Å². The van der Waals surface area contributed by atoms with Gasteiger partial charge in [0.25, 0.3) is 0 Å². The van der Waals surface area contributed by atoms with E-state index in [-0.39, 0.29) is 0 Å². The van der Waals surface area contributed by atoms with Gasteiger partial charge in [0.2, 0.25) is 0 Å². The van der Waals surface area contributed by atoms with E-state index in [2.05, 4.69) is 86.4 Å². The Bertz CT molecular complexity index is 1310. The monoisotopic (exact) mass is 509 g/mol. The summed E-state index contributed by atoms with van der Waals surface area (Å²) in [6.45, 7) is 9.61. The van der Waals surface area contributed by atoms with Gasteiger partial charge in [-0.3, -0.25) is 5.32 Å². The molecular formula is C33H39N3O2. The molecule has 4 rings (SSSR count). The largest absolute Gasteiger partial charge is 0.465 e. The second-order valence-electron chi connectivity index (χ2n) is 10.8. The van der Waals surface area contributed by atoms with Crippen molar-refractivity contribution >= 4 is 11.7 Å². The van der Waals surface area contributed by atoms with Gasteiger partial charge in [-0.1, -0.05) is 104 Å². The lowest BCUT2D eigenvalue weighted by Gasteiger charge is -2.51. The number of rotatable bonds is 9. The fourth-order valence-corrected chi connectivity index (χ4v) is 5.56. The van der Waals surface area contributed by atoms with Gasteiger partial charge in [-0.05, 0) is 48.4 Å². The van der Waals surface area contributed by atoms with Crippen LogP contribution in [0, 0.1) is 12.8 Å². The van der Waals surface area contributed by atoms with Crippen molar-refractivity contribution in [1.29, 1.82) is 0 Å². The number of benzene rings is 3. The highest BCUT2D eigenvalue weighted by Gasteiger charge is 2.45. The average molecular weight is 510 g/mol. The lowest BCUT2D eigenvalue weighted by Crippen LogP contribution is -2.55.